The number of ether oxygens (including phenoxy) is 1. The van der Waals surface area contributed by atoms with E-state index in [9.17, 15) is 0 Å². The molecule has 134 valence electrons. The smallest absolute Gasteiger partial charge is 0.233 e. The molecule has 1 aromatic carbocycles. The van der Waals surface area contributed by atoms with Crippen LogP contribution in [0.4, 0.5) is 0 Å². The Kier molecular flexibility index (Phi) is 4.10. The molecule has 0 radical (unpaired) electrons. The van der Waals surface area contributed by atoms with Gasteiger partial charge in [-0.15, -0.1) is 21.5 Å². The Morgan fingerprint density at radius 1 is 1.12 bits per heavy atom. The highest BCUT2D eigenvalue weighted by Gasteiger charge is 2.33. The van der Waals surface area contributed by atoms with Crippen molar-refractivity contribution in [1.29, 1.82) is 0 Å². The summed E-state index contributed by atoms with van der Waals surface area (Å²) in [4.78, 5) is 7.12. The second kappa shape index (κ2) is 6.59. The molecule has 2 aliphatic rings. The SMILES string of the molecule is Cc1nc2cc(-c3ccc(OC4CCN5CCCC4C5)nn3)ccc2s1. The van der Waals surface area contributed by atoms with E-state index in [1.54, 1.807) is 11.3 Å². The van der Waals surface area contributed by atoms with E-state index < -0.39 is 0 Å². The van der Waals surface area contributed by atoms with Gasteiger partial charge in [0.15, 0.2) is 0 Å². The third kappa shape index (κ3) is 3.08. The topological polar surface area (TPSA) is 51.1 Å². The summed E-state index contributed by atoms with van der Waals surface area (Å²) in [6, 6.07) is 10.2. The van der Waals surface area contributed by atoms with Gasteiger partial charge in [0.25, 0.3) is 0 Å². The van der Waals surface area contributed by atoms with Crippen molar-refractivity contribution in [2.75, 3.05) is 19.6 Å². The summed E-state index contributed by atoms with van der Waals surface area (Å²) in [6.07, 6.45) is 3.92. The fraction of sp³-hybridized carbons (Fsp3) is 0.450. The average molecular weight is 366 g/mol. The van der Waals surface area contributed by atoms with Gasteiger partial charge < -0.3 is 9.64 Å². The van der Waals surface area contributed by atoms with Gasteiger partial charge in [-0.1, -0.05) is 6.07 Å². The maximum Gasteiger partial charge on any atom is 0.233 e. The minimum Gasteiger partial charge on any atom is -0.473 e. The van der Waals surface area contributed by atoms with Crippen molar-refractivity contribution in [3.8, 4) is 17.1 Å². The minimum atomic E-state index is 0.279. The highest BCUT2D eigenvalue weighted by Crippen LogP contribution is 2.30. The van der Waals surface area contributed by atoms with Gasteiger partial charge in [0, 0.05) is 30.6 Å². The third-order valence-corrected chi connectivity index (χ3v) is 6.45. The highest BCUT2D eigenvalue weighted by molar-refractivity contribution is 7.18. The normalized spacial score (nSPS) is 25.3. The van der Waals surface area contributed by atoms with Crippen LogP contribution in [0, 0.1) is 12.8 Å². The number of piperidine rings is 2. The molecule has 2 aromatic heterocycles. The van der Waals surface area contributed by atoms with E-state index >= 15 is 0 Å². The molecule has 26 heavy (non-hydrogen) atoms. The molecule has 0 aliphatic carbocycles. The zero-order valence-corrected chi connectivity index (χ0v) is 15.7. The van der Waals surface area contributed by atoms with Crippen LogP contribution < -0.4 is 4.74 Å². The monoisotopic (exact) mass is 366 g/mol. The molecule has 5 rings (SSSR count). The average Bonchev–Trinajstić information content (AvgIpc) is 3.04. The van der Waals surface area contributed by atoms with E-state index in [1.165, 1.54) is 30.6 Å². The molecular formula is C20H22N4OS. The van der Waals surface area contributed by atoms with E-state index in [0.717, 1.165) is 34.7 Å². The number of hydrogen-bond acceptors (Lipinski definition) is 6. The van der Waals surface area contributed by atoms with Crippen LogP contribution in [-0.2, 0) is 0 Å². The first-order valence-corrected chi connectivity index (χ1v) is 10.2. The Balaban J connectivity index is 1.33. The van der Waals surface area contributed by atoms with Crippen LogP contribution >= 0.6 is 11.3 Å². The molecule has 3 atom stereocenters. The van der Waals surface area contributed by atoms with Crippen molar-refractivity contribution in [3.63, 3.8) is 0 Å². The maximum absolute atomic E-state index is 6.19. The number of nitrogens with zero attached hydrogens (tertiary/aromatic N) is 4. The summed E-state index contributed by atoms with van der Waals surface area (Å²) in [5.74, 6) is 1.28. The van der Waals surface area contributed by atoms with E-state index in [1.807, 2.05) is 19.1 Å². The van der Waals surface area contributed by atoms with Gasteiger partial charge >= 0.3 is 0 Å². The Hall–Kier alpha value is -2.05. The van der Waals surface area contributed by atoms with Crippen molar-refractivity contribution >= 4 is 21.6 Å². The van der Waals surface area contributed by atoms with Crippen LogP contribution in [0.25, 0.3) is 21.5 Å². The lowest BCUT2D eigenvalue weighted by Gasteiger charge is -2.42. The molecule has 2 saturated heterocycles. The molecule has 5 nitrogen and oxygen atoms in total. The van der Waals surface area contributed by atoms with Gasteiger partial charge in [0.05, 0.1) is 20.9 Å². The number of hydrogen-bond donors (Lipinski definition) is 0. The molecule has 3 unspecified atom stereocenters. The highest BCUT2D eigenvalue weighted by atomic mass is 32.1. The molecule has 6 heteroatoms. The van der Waals surface area contributed by atoms with E-state index in [-0.39, 0.29) is 6.10 Å². The minimum absolute atomic E-state index is 0.279. The van der Waals surface area contributed by atoms with E-state index in [2.05, 4.69) is 38.3 Å². The van der Waals surface area contributed by atoms with E-state index in [4.69, 9.17) is 4.74 Å². The zero-order chi connectivity index (χ0) is 17.5. The molecule has 2 fully saturated rings. The van der Waals surface area contributed by atoms with Gasteiger partial charge in [-0.05, 0) is 50.9 Å². The van der Waals surface area contributed by atoms with Gasteiger partial charge in [-0.2, -0.15) is 0 Å². The zero-order valence-electron chi connectivity index (χ0n) is 14.9. The quantitative estimate of drug-likeness (QED) is 0.703. The summed E-state index contributed by atoms with van der Waals surface area (Å²) in [5, 5.41) is 9.82. The first-order chi connectivity index (χ1) is 12.7. The predicted molar refractivity (Wildman–Crippen MR) is 104 cm³/mol. The van der Waals surface area contributed by atoms with Gasteiger partial charge in [-0.25, -0.2) is 4.98 Å². The van der Waals surface area contributed by atoms with Crippen LogP contribution in [0.15, 0.2) is 30.3 Å². The van der Waals surface area contributed by atoms with Gasteiger partial charge in [0.1, 0.15) is 6.10 Å². The molecule has 2 bridgehead atoms. The Labute approximate surface area is 157 Å². The van der Waals surface area contributed by atoms with Crippen molar-refractivity contribution in [1.82, 2.24) is 20.1 Å². The number of thiazole rings is 1. The molecule has 0 spiro atoms. The summed E-state index contributed by atoms with van der Waals surface area (Å²) < 4.78 is 7.40. The number of aryl methyl sites for hydroxylation is 1. The lowest BCUT2D eigenvalue weighted by Crippen LogP contribution is -2.49. The summed E-state index contributed by atoms with van der Waals surface area (Å²) in [7, 11) is 0. The molecule has 0 N–H and O–H groups in total. The second-order valence-corrected chi connectivity index (χ2v) is 8.55. The summed E-state index contributed by atoms with van der Waals surface area (Å²) in [5.41, 5.74) is 2.93. The molecular weight excluding hydrogens is 344 g/mol. The predicted octanol–water partition coefficient (Wildman–Crippen LogP) is 3.92. The first kappa shape index (κ1) is 16.1. The lowest BCUT2D eigenvalue weighted by atomic mass is 9.87. The van der Waals surface area contributed by atoms with Crippen molar-refractivity contribution in [2.24, 2.45) is 5.92 Å². The maximum atomic E-state index is 6.19. The number of fused-ring (bicyclic) bond motifs is 3. The van der Waals surface area contributed by atoms with Gasteiger partial charge in [-0.3, -0.25) is 0 Å². The number of benzene rings is 1. The fourth-order valence-corrected chi connectivity index (χ4v) is 5.00. The fourth-order valence-electron chi connectivity index (χ4n) is 4.19. The van der Waals surface area contributed by atoms with Crippen molar-refractivity contribution in [3.05, 3.63) is 35.3 Å². The van der Waals surface area contributed by atoms with Gasteiger partial charge in [0.2, 0.25) is 5.88 Å². The van der Waals surface area contributed by atoms with Crippen LogP contribution in [0.1, 0.15) is 24.3 Å². The molecule has 0 amide bonds. The number of aromatic nitrogens is 3. The largest absolute Gasteiger partial charge is 0.473 e. The third-order valence-electron chi connectivity index (χ3n) is 5.50. The Morgan fingerprint density at radius 2 is 2.08 bits per heavy atom. The van der Waals surface area contributed by atoms with Crippen LogP contribution in [0.5, 0.6) is 5.88 Å². The summed E-state index contributed by atoms with van der Waals surface area (Å²) >= 11 is 1.71. The molecule has 3 aromatic rings. The molecule has 4 heterocycles. The first-order valence-electron chi connectivity index (χ1n) is 9.35. The van der Waals surface area contributed by atoms with E-state index in [0.29, 0.717) is 11.8 Å². The Bertz CT molecular complexity index is 923. The van der Waals surface area contributed by atoms with Crippen molar-refractivity contribution < 1.29 is 4.74 Å². The molecule has 2 aliphatic heterocycles. The van der Waals surface area contributed by atoms with Crippen LogP contribution in [0.3, 0.4) is 0 Å². The van der Waals surface area contributed by atoms with Crippen LogP contribution in [0.2, 0.25) is 0 Å². The number of rotatable bonds is 3. The molecule has 0 saturated carbocycles. The van der Waals surface area contributed by atoms with Crippen LogP contribution in [-0.4, -0.2) is 45.8 Å². The summed E-state index contributed by atoms with van der Waals surface area (Å²) in [6.45, 7) is 5.59. The lowest BCUT2D eigenvalue weighted by molar-refractivity contribution is 0.0123. The second-order valence-electron chi connectivity index (χ2n) is 7.32. The van der Waals surface area contributed by atoms with Crippen molar-refractivity contribution in [2.45, 2.75) is 32.3 Å². The standard InChI is InChI=1S/C20H22N4OS/c1-13-21-17-11-14(4-6-19(17)26-13)16-5-7-20(23-22-16)25-18-8-10-24-9-2-3-15(18)12-24/h4-7,11,15,18H,2-3,8-10,12H2,1H3. The Morgan fingerprint density at radius 3 is 2.96 bits per heavy atom.